The molecule has 2 aromatic rings. The average Bonchev–Trinajstić information content (AvgIpc) is 2.60. The molecule has 0 fully saturated rings. The van der Waals surface area contributed by atoms with Crippen LogP contribution in [0.3, 0.4) is 0 Å². The zero-order valence-corrected chi connectivity index (χ0v) is 15.0. The summed E-state index contributed by atoms with van der Waals surface area (Å²) >= 11 is 0. The van der Waals surface area contributed by atoms with Crippen LogP contribution in [-0.4, -0.2) is 0 Å². The van der Waals surface area contributed by atoms with Gasteiger partial charge in [-0.15, -0.1) is 0 Å². The minimum atomic E-state index is 1.21. The maximum absolute atomic E-state index is 2.30. The maximum atomic E-state index is 2.30. The first-order chi connectivity index (χ1) is 11.3. The van der Waals surface area contributed by atoms with Gasteiger partial charge in [0, 0.05) is 0 Å². The van der Waals surface area contributed by atoms with E-state index >= 15 is 0 Å². The Labute approximate surface area is 143 Å². The van der Waals surface area contributed by atoms with E-state index < -0.39 is 0 Å². The van der Waals surface area contributed by atoms with Gasteiger partial charge in [0.2, 0.25) is 0 Å². The summed E-state index contributed by atoms with van der Waals surface area (Å²) in [4.78, 5) is 0. The van der Waals surface area contributed by atoms with Crippen molar-refractivity contribution in [3.63, 3.8) is 0 Å². The third kappa shape index (κ3) is 6.22. The third-order valence-electron chi connectivity index (χ3n) is 4.63. The standard InChI is InChI=1S/C23H32/c1-3-5-7-9-11-21-14-18-23(19-15-21)22-16-12-20(13-17-22)10-8-6-4-2/h12-19H,3-11H2,1-2H3. The molecule has 0 aromatic heterocycles. The molecule has 0 amide bonds. The number of unbranched alkanes of at least 4 members (excludes halogenated alkanes) is 5. The van der Waals surface area contributed by atoms with E-state index in [9.17, 15) is 0 Å². The van der Waals surface area contributed by atoms with Gasteiger partial charge in [-0.2, -0.15) is 0 Å². The first-order valence-electron chi connectivity index (χ1n) is 9.51. The predicted molar refractivity (Wildman–Crippen MR) is 103 cm³/mol. The first kappa shape index (κ1) is 17.8. The summed E-state index contributed by atoms with van der Waals surface area (Å²) in [7, 11) is 0. The Kier molecular flexibility index (Phi) is 7.93. The van der Waals surface area contributed by atoms with Crippen molar-refractivity contribution in [3.05, 3.63) is 59.7 Å². The van der Waals surface area contributed by atoms with Crippen LogP contribution in [0, 0.1) is 0 Å². The van der Waals surface area contributed by atoms with E-state index in [0.29, 0.717) is 0 Å². The zero-order chi connectivity index (χ0) is 16.3. The fraction of sp³-hybridized carbons (Fsp3) is 0.478. The topological polar surface area (TPSA) is 0 Å². The summed E-state index contributed by atoms with van der Waals surface area (Å²) in [5.74, 6) is 0. The van der Waals surface area contributed by atoms with E-state index in [2.05, 4.69) is 62.4 Å². The highest BCUT2D eigenvalue weighted by Gasteiger charge is 2.00. The molecule has 0 aliphatic rings. The molecule has 0 saturated carbocycles. The Morgan fingerprint density at radius 3 is 1.30 bits per heavy atom. The molecular weight excluding hydrogens is 276 g/mol. The van der Waals surface area contributed by atoms with Gasteiger partial charge >= 0.3 is 0 Å². The van der Waals surface area contributed by atoms with Crippen molar-refractivity contribution in [2.24, 2.45) is 0 Å². The lowest BCUT2D eigenvalue weighted by Crippen LogP contribution is -1.88. The van der Waals surface area contributed by atoms with Crippen molar-refractivity contribution in [2.45, 2.75) is 71.6 Å². The van der Waals surface area contributed by atoms with E-state index in [4.69, 9.17) is 0 Å². The molecule has 2 rings (SSSR count). The van der Waals surface area contributed by atoms with Crippen molar-refractivity contribution in [1.82, 2.24) is 0 Å². The van der Waals surface area contributed by atoms with Crippen LogP contribution in [0.5, 0.6) is 0 Å². The highest BCUT2D eigenvalue weighted by atomic mass is 14.1. The summed E-state index contributed by atoms with van der Waals surface area (Å²) in [6.45, 7) is 4.53. The summed E-state index contributed by atoms with van der Waals surface area (Å²) in [6.07, 6.45) is 11.7. The number of benzene rings is 2. The van der Waals surface area contributed by atoms with Crippen molar-refractivity contribution in [2.75, 3.05) is 0 Å². The molecule has 23 heavy (non-hydrogen) atoms. The zero-order valence-electron chi connectivity index (χ0n) is 15.0. The van der Waals surface area contributed by atoms with Gasteiger partial charge in [-0.05, 0) is 47.9 Å². The van der Waals surface area contributed by atoms with Crippen LogP contribution in [0.4, 0.5) is 0 Å². The lowest BCUT2D eigenvalue weighted by atomic mass is 9.99. The van der Waals surface area contributed by atoms with E-state index in [1.807, 2.05) is 0 Å². The van der Waals surface area contributed by atoms with E-state index in [-0.39, 0.29) is 0 Å². The monoisotopic (exact) mass is 308 g/mol. The third-order valence-corrected chi connectivity index (χ3v) is 4.63. The molecule has 0 bridgehead atoms. The molecule has 2 aromatic carbocycles. The molecule has 0 saturated heterocycles. The second-order valence-corrected chi connectivity index (χ2v) is 6.66. The molecule has 0 unspecified atom stereocenters. The SMILES string of the molecule is CCCCCCc1ccc(-c2ccc(CCCCC)cc2)cc1. The van der Waals surface area contributed by atoms with E-state index in [1.54, 1.807) is 0 Å². The lowest BCUT2D eigenvalue weighted by Gasteiger charge is -2.06. The van der Waals surface area contributed by atoms with Crippen LogP contribution in [-0.2, 0) is 12.8 Å². The van der Waals surface area contributed by atoms with Crippen LogP contribution in [0.25, 0.3) is 11.1 Å². The molecule has 0 radical (unpaired) electrons. The van der Waals surface area contributed by atoms with Gasteiger partial charge in [-0.1, -0.05) is 94.5 Å². The van der Waals surface area contributed by atoms with Crippen LogP contribution in [0.15, 0.2) is 48.5 Å². The molecular formula is C23H32. The molecule has 0 N–H and O–H groups in total. The highest BCUT2D eigenvalue weighted by Crippen LogP contribution is 2.21. The predicted octanol–water partition coefficient (Wildman–Crippen LogP) is 7.21. The quantitative estimate of drug-likeness (QED) is 0.407. The fourth-order valence-corrected chi connectivity index (χ4v) is 3.06. The van der Waals surface area contributed by atoms with Gasteiger partial charge in [0.15, 0.2) is 0 Å². The molecule has 0 spiro atoms. The summed E-state index contributed by atoms with van der Waals surface area (Å²) < 4.78 is 0. The van der Waals surface area contributed by atoms with Crippen molar-refractivity contribution < 1.29 is 0 Å². The van der Waals surface area contributed by atoms with Gasteiger partial charge in [-0.25, -0.2) is 0 Å². The minimum Gasteiger partial charge on any atom is -0.0654 e. The van der Waals surface area contributed by atoms with Gasteiger partial charge in [0.05, 0.1) is 0 Å². The Balaban J connectivity index is 1.88. The van der Waals surface area contributed by atoms with Gasteiger partial charge in [0.25, 0.3) is 0 Å². The fourth-order valence-electron chi connectivity index (χ4n) is 3.06. The highest BCUT2D eigenvalue weighted by molar-refractivity contribution is 5.63. The van der Waals surface area contributed by atoms with Crippen LogP contribution in [0.2, 0.25) is 0 Å². The van der Waals surface area contributed by atoms with Crippen LogP contribution < -0.4 is 0 Å². The average molecular weight is 309 g/mol. The van der Waals surface area contributed by atoms with Crippen molar-refractivity contribution in [3.8, 4) is 11.1 Å². The second-order valence-electron chi connectivity index (χ2n) is 6.66. The molecule has 0 heterocycles. The maximum Gasteiger partial charge on any atom is -0.0184 e. The Hall–Kier alpha value is -1.56. The molecule has 0 heteroatoms. The normalized spacial score (nSPS) is 10.9. The van der Waals surface area contributed by atoms with E-state index in [0.717, 1.165) is 0 Å². The van der Waals surface area contributed by atoms with Crippen LogP contribution in [0.1, 0.15) is 69.9 Å². The smallest absolute Gasteiger partial charge is 0.0184 e. The molecule has 124 valence electrons. The Morgan fingerprint density at radius 1 is 0.478 bits per heavy atom. The Morgan fingerprint density at radius 2 is 0.870 bits per heavy atom. The number of rotatable bonds is 10. The van der Waals surface area contributed by atoms with Gasteiger partial charge in [-0.3, -0.25) is 0 Å². The van der Waals surface area contributed by atoms with Gasteiger partial charge < -0.3 is 0 Å². The second kappa shape index (κ2) is 10.3. The molecule has 0 aliphatic heterocycles. The Bertz CT molecular complexity index is 533. The molecule has 0 nitrogen and oxygen atoms in total. The number of hydrogen-bond acceptors (Lipinski definition) is 0. The summed E-state index contributed by atoms with van der Waals surface area (Å²) in [6, 6.07) is 18.3. The van der Waals surface area contributed by atoms with Crippen LogP contribution >= 0.6 is 0 Å². The molecule has 0 aliphatic carbocycles. The minimum absolute atomic E-state index is 1.21. The largest absolute Gasteiger partial charge is 0.0654 e. The molecule has 0 atom stereocenters. The summed E-state index contributed by atoms with van der Waals surface area (Å²) in [5.41, 5.74) is 5.61. The van der Waals surface area contributed by atoms with Crippen molar-refractivity contribution in [1.29, 1.82) is 0 Å². The number of aryl methyl sites for hydroxylation is 2. The first-order valence-corrected chi connectivity index (χ1v) is 9.51. The summed E-state index contributed by atoms with van der Waals surface area (Å²) in [5, 5.41) is 0. The van der Waals surface area contributed by atoms with Gasteiger partial charge in [0.1, 0.15) is 0 Å². The van der Waals surface area contributed by atoms with E-state index in [1.165, 1.54) is 80.0 Å². The lowest BCUT2D eigenvalue weighted by molar-refractivity contribution is 0.667. The van der Waals surface area contributed by atoms with Crippen molar-refractivity contribution >= 4 is 0 Å². The number of hydrogen-bond donors (Lipinski definition) is 0.